The summed E-state index contributed by atoms with van der Waals surface area (Å²) in [6.07, 6.45) is 0.624. The third-order valence-corrected chi connectivity index (χ3v) is 6.27. The number of halogens is 2. The van der Waals surface area contributed by atoms with Gasteiger partial charge in [0.2, 0.25) is 0 Å². The third-order valence-electron chi connectivity index (χ3n) is 5.19. The van der Waals surface area contributed by atoms with Crippen LogP contribution in [0.15, 0.2) is 66.0 Å². The summed E-state index contributed by atoms with van der Waals surface area (Å²) >= 11 is 7.87. The zero-order chi connectivity index (χ0) is 22.8. The molecule has 0 aliphatic heterocycles. The number of thiazole rings is 1. The van der Waals surface area contributed by atoms with Gasteiger partial charge in [-0.05, 0) is 35.9 Å². The largest absolute Gasteiger partial charge is 0.489 e. The highest BCUT2D eigenvalue weighted by Crippen LogP contribution is 2.29. The SMILES string of the molecule is CN(C)c1ccc2[nH]c(-c3csc(Cc4cc(Cl)ccc4OCc4ccccc4)n3)nc2n1.Cl. The van der Waals surface area contributed by atoms with Crippen molar-refractivity contribution < 1.29 is 4.74 Å². The number of nitrogens with one attached hydrogen (secondary N) is 1. The van der Waals surface area contributed by atoms with Crippen LogP contribution in [0, 0.1) is 0 Å². The van der Waals surface area contributed by atoms with E-state index >= 15 is 0 Å². The lowest BCUT2D eigenvalue weighted by molar-refractivity contribution is 0.303. The summed E-state index contributed by atoms with van der Waals surface area (Å²) in [5.41, 5.74) is 4.48. The Morgan fingerprint density at radius 1 is 1.00 bits per heavy atom. The van der Waals surface area contributed by atoms with E-state index in [1.165, 1.54) is 0 Å². The Balaban J connectivity index is 0.00000274. The molecule has 0 aliphatic carbocycles. The van der Waals surface area contributed by atoms with E-state index in [2.05, 4.69) is 15.0 Å². The second-order valence-corrected chi connectivity index (χ2v) is 9.23. The molecule has 1 N–H and O–H groups in total. The lowest BCUT2D eigenvalue weighted by Crippen LogP contribution is -2.10. The Hall–Kier alpha value is -3.13. The number of aromatic amines is 1. The summed E-state index contributed by atoms with van der Waals surface area (Å²) in [7, 11) is 3.92. The lowest BCUT2D eigenvalue weighted by Gasteiger charge is -2.11. The van der Waals surface area contributed by atoms with Crippen LogP contribution in [0.3, 0.4) is 0 Å². The normalized spacial score (nSPS) is 10.8. The highest BCUT2D eigenvalue weighted by Gasteiger charge is 2.14. The van der Waals surface area contributed by atoms with Crippen molar-refractivity contribution >= 4 is 52.3 Å². The Kier molecular flexibility index (Phi) is 7.36. The van der Waals surface area contributed by atoms with E-state index < -0.39 is 0 Å². The van der Waals surface area contributed by atoms with Crippen molar-refractivity contribution in [3.05, 3.63) is 87.2 Å². The zero-order valence-corrected chi connectivity index (χ0v) is 21.0. The van der Waals surface area contributed by atoms with Crippen molar-refractivity contribution in [1.82, 2.24) is 19.9 Å². The molecule has 0 fully saturated rings. The van der Waals surface area contributed by atoms with Gasteiger partial charge in [0.25, 0.3) is 0 Å². The number of nitrogens with zero attached hydrogens (tertiary/aromatic N) is 4. The quantitative estimate of drug-likeness (QED) is 0.274. The number of imidazole rings is 1. The predicted molar refractivity (Wildman–Crippen MR) is 142 cm³/mol. The number of H-pyrrole nitrogens is 1. The van der Waals surface area contributed by atoms with Crippen LogP contribution in [0.4, 0.5) is 5.82 Å². The highest BCUT2D eigenvalue weighted by molar-refractivity contribution is 7.10. The van der Waals surface area contributed by atoms with Gasteiger partial charge in [-0.2, -0.15) is 0 Å². The molecular weight excluding hydrogens is 489 g/mol. The van der Waals surface area contributed by atoms with Crippen LogP contribution < -0.4 is 9.64 Å². The summed E-state index contributed by atoms with van der Waals surface area (Å²) in [4.78, 5) is 19.3. The summed E-state index contributed by atoms with van der Waals surface area (Å²) in [5.74, 6) is 2.38. The molecule has 0 saturated carbocycles. The Morgan fingerprint density at radius 3 is 2.62 bits per heavy atom. The van der Waals surface area contributed by atoms with Crippen LogP contribution in [0.5, 0.6) is 5.75 Å². The fourth-order valence-corrected chi connectivity index (χ4v) is 4.48. The fourth-order valence-electron chi connectivity index (χ4n) is 3.48. The first-order valence-corrected chi connectivity index (χ1v) is 11.7. The van der Waals surface area contributed by atoms with Gasteiger partial charge >= 0.3 is 0 Å². The molecule has 5 rings (SSSR count). The molecule has 5 aromatic rings. The van der Waals surface area contributed by atoms with Gasteiger partial charge in [-0.1, -0.05) is 41.9 Å². The number of benzene rings is 2. The summed E-state index contributed by atoms with van der Waals surface area (Å²) in [6.45, 7) is 0.500. The van der Waals surface area contributed by atoms with Gasteiger partial charge < -0.3 is 14.6 Å². The van der Waals surface area contributed by atoms with Crippen molar-refractivity contribution in [2.75, 3.05) is 19.0 Å². The molecule has 9 heteroatoms. The van der Waals surface area contributed by atoms with Gasteiger partial charge in [-0.15, -0.1) is 23.7 Å². The molecule has 0 aliphatic rings. The first-order chi connectivity index (χ1) is 16.0. The molecule has 0 bridgehead atoms. The molecular formula is C25H23Cl2N5OS. The maximum absolute atomic E-state index is 6.28. The van der Waals surface area contributed by atoms with Gasteiger partial charge in [0.15, 0.2) is 11.5 Å². The minimum absolute atomic E-state index is 0. The maximum Gasteiger partial charge on any atom is 0.180 e. The number of ether oxygens (including phenoxy) is 1. The van der Waals surface area contributed by atoms with Crippen LogP contribution >= 0.6 is 35.3 Å². The van der Waals surface area contributed by atoms with Crippen molar-refractivity contribution in [2.45, 2.75) is 13.0 Å². The Labute approximate surface area is 213 Å². The first-order valence-electron chi connectivity index (χ1n) is 10.5. The van der Waals surface area contributed by atoms with Gasteiger partial charge in [-0.25, -0.2) is 15.0 Å². The summed E-state index contributed by atoms with van der Waals surface area (Å²) in [6, 6.07) is 19.8. The number of aromatic nitrogens is 4. The average molecular weight is 512 g/mol. The topological polar surface area (TPSA) is 66.9 Å². The van der Waals surface area contributed by atoms with E-state index in [9.17, 15) is 0 Å². The molecule has 0 unspecified atom stereocenters. The van der Waals surface area contributed by atoms with Crippen molar-refractivity contribution in [3.8, 4) is 17.3 Å². The predicted octanol–water partition coefficient (Wildman–Crippen LogP) is 6.39. The summed E-state index contributed by atoms with van der Waals surface area (Å²) in [5, 5.41) is 3.64. The van der Waals surface area contributed by atoms with Crippen LogP contribution in [0.1, 0.15) is 16.1 Å². The Morgan fingerprint density at radius 2 is 1.82 bits per heavy atom. The van der Waals surface area contributed by atoms with Gasteiger partial charge in [-0.3, -0.25) is 0 Å². The molecule has 0 spiro atoms. The number of fused-ring (bicyclic) bond motifs is 1. The molecule has 0 amide bonds. The summed E-state index contributed by atoms with van der Waals surface area (Å²) < 4.78 is 6.10. The average Bonchev–Trinajstić information content (AvgIpc) is 3.45. The van der Waals surface area contributed by atoms with E-state index in [0.717, 1.165) is 38.9 Å². The molecule has 0 radical (unpaired) electrons. The number of hydrogen-bond acceptors (Lipinski definition) is 6. The van der Waals surface area contributed by atoms with Gasteiger partial charge in [0.05, 0.1) is 10.5 Å². The third kappa shape index (κ3) is 5.33. The van der Waals surface area contributed by atoms with E-state index in [-0.39, 0.29) is 12.4 Å². The van der Waals surface area contributed by atoms with Crippen molar-refractivity contribution in [3.63, 3.8) is 0 Å². The van der Waals surface area contributed by atoms with Crippen molar-refractivity contribution in [1.29, 1.82) is 0 Å². The smallest absolute Gasteiger partial charge is 0.180 e. The minimum Gasteiger partial charge on any atom is -0.489 e. The van der Waals surface area contributed by atoms with E-state index in [0.29, 0.717) is 29.5 Å². The monoisotopic (exact) mass is 511 g/mol. The maximum atomic E-state index is 6.28. The highest BCUT2D eigenvalue weighted by atomic mass is 35.5. The van der Waals surface area contributed by atoms with Gasteiger partial charge in [0.1, 0.15) is 23.9 Å². The van der Waals surface area contributed by atoms with E-state index in [1.54, 1.807) is 11.3 Å². The second kappa shape index (κ2) is 10.4. The number of hydrogen-bond donors (Lipinski definition) is 1. The molecule has 3 aromatic heterocycles. The fraction of sp³-hybridized carbons (Fsp3) is 0.160. The second-order valence-electron chi connectivity index (χ2n) is 7.85. The van der Waals surface area contributed by atoms with Crippen LogP contribution in [0.2, 0.25) is 5.02 Å². The first kappa shape index (κ1) is 24.0. The molecule has 0 saturated heterocycles. The molecule has 0 atom stereocenters. The van der Waals surface area contributed by atoms with Gasteiger partial charge in [0, 0.05) is 36.5 Å². The number of pyridine rings is 1. The van der Waals surface area contributed by atoms with Crippen molar-refractivity contribution in [2.24, 2.45) is 0 Å². The molecule has 2 aromatic carbocycles. The molecule has 174 valence electrons. The lowest BCUT2D eigenvalue weighted by atomic mass is 10.1. The Bertz CT molecular complexity index is 1400. The van der Waals surface area contributed by atoms with Crippen LogP contribution in [0.25, 0.3) is 22.7 Å². The van der Waals surface area contributed by atoms with Crippen LogP contribution in [-0.4, -0.2) is 34.0 Å². The number of anilines is 1. The molecule has 6 nitrogen and oxygen atoms in total. The number of rotatable bonds is 7. The molecule has 34 heavy (non-hydrogen) atoms. The standard InChI is InChI=1S/C25H22ClN5OS.ClH/c1-31(2)22-11-9-19-24(29-22)30-25(28-19)20-15-33-23(27-20)13-17-12-18(26)8-10-21(17)32-14-16-6-4-3-5-7-16;/h3-12,15H,13-14H2,1-2H3,(H,28,29,30);1H. The van der Waals surface area contributed by atoms with E-state index in [1.807, 2.05) is 85.0 Å². The molecule has 3 heterocycles. The van der Waals surface area contributed by atoms with E-state index in [4.69, 9.17) is 21.3 Å². The minimum atomic E-state index is 0. The van der Waals surface area contributed by atoms with Crippen LogP contribution in [-0.2, 0) is 13.0 Å². The zero-order valence-electron chi connectivity index (χ0n) is 18.7.